The Labute approximate surface area is 193 Å². The van der Waals surface area contributed by atoms with Crippen LogP contribution < -0.4 is 15.5 Å². The average Bonchev–Trinajstić information content (AvgIpc) is 3.40. The maximum atomic E-state index is 13.7. The van der Waals surface area contributed by atoms with Gasteiger partial charge in [0.1, 0.15) is 29.7 Å². The second-order valence-electron chi connectivity index (χ2n) is 7.06. The molecule has 0 bridgehead atoms. The molecule has 1 fully saturated rings. The summed E-state index contributed by atoms with van der Waals surface area (Å²) in [6.07, 6.45) is -6.62. The average molecular weight is 500 g/mol. The van der Waals surface area contributed by atoms with Gasteiger partial charge >= 0.3 is 6.18 Å². The Morgan fingerprint density at radius 3 is 2.67 bits per heavy atom. The predicted molar refractivity (Wildman–Crippen MR) is 117 cm³/mol. The largest absolute Gasteiger partial charge is 0.397 e. The minimum absolute atomic E-state index is 0.242. The minimum atomic E-state index is -4.57. The number of hydrogen-bond acceptors (Lipinski definition) is 9. The molecule has 0 unspecified atom stereocenters. The number of nitrogens with zero attached hydrogens (tertiary/aromatic N) is 5. The topological polar surface area (TPSA) is 95.9 Å². The second-order valence-corrected chi connectivity index (χ2v) is 8.94. The Morgan fingerprint density at radius 1 is 1.24 bits per heavy atom. The fourth-order valence-electron chi connectivity index (χ4n) is 3.05. The van der Waals surface area contributed by atoms with Gasteiger partial charge in [-0.05, 0) is 42.4 Å². The van der Waals surface area contributed by atoms with Gasteiger partial charge in [0.15, 0.2) is 5.16 Å². The summed E-state index contributed by atoms with van der Waals surface area (Å²) in [6.45, 7) is 0.776. The van der Waals surface area contributed by atoms with Crippen LogP contribution in [0.1, 0.15) is 12.8 Å². The van der Waals surface area contributed by atoms with Gasteiger partial charge in [-0.2, -0.15) is 13.2 Å². The van der Waals surface area contributed by atoms with Gasteiger partial charge in [0.2, 0.25) is 11.0 Å². The molecule has 33 heavy (non-hydrogen) atoms. The number of aromatic nitrogens is 4. The minimum Gasteiger partial charge on any atom is -0.353 e. The molecule has 174 valence electrons. The SMILES string of the molecule is O=C(CC(F)(F)F)Nc1ccc(Sc2nc(Nc3nncs3)cc(N3CC[C@H](F)C3)n2)cc1. The Morgan fingerprint density at radius 2 is 2.03 bits per heavy atom. The lowest BCUT2D eigenvalue weighted by atomic mass is 10.3. The number of benzene rings is 1. The Hall–Kier alpha value is -3.00. The summed E-state index contributed by atoms with van der Waals surface area (Å²) in [7, 11) is 0. The van der Waals surface area contributed by atoms with Crippen LogP contribution in [0.15, 0.2) is 45.9 Å². The molecule has 1 aliphatic rings. The standard InChI is InChI=1S/C19H17F4N7OS2/c20-11-5-6-30(9-11)15-7-14(27-18-29-24-10-32-18)26-17(28-15)33-13-3-1-12(2-4-13)25-16(31)8-19(21,22)23/h1-4,7,10-11H,5-6,8-9H2,(H,25,31)(H,26,27,28,29)/t11-/m0/s1. The number of anilines is 4. The van der Waals surface area contributed by atoms with E-state index >= 15 is 0 Å². The molecule has 2 aromatic heterocycles. The lowest BCUT2D eigenvalue weighted by molar-refractivity contribution is -0.150. The third-order valence-electron chi connectivity index (χ3n) is 4.45. The van der Waals surface area contributed by atoms with Crippen LogP contribution in [0.5, 0.6) is 0 Å². The van der Waals surface area contributed by atoms with E-state index in [0.717, 1.165) is 0 Å². The summed E-state index contributed by atoms with van der Waals surface area (Å²) < 4.78 is 50.7. The van der Waals surface area contributed by atoms with Crippen molar-refractivity contribution in [2.24, 2.45) is 0 Å². The van der Waals surface area contributed by atoms with E-state index in [1.54, 1.807) is 23.7 Å². The molecule has 0 spiro atoms. The molecule has 0 saturated carbocycles. The monoisotopic (exact) mass is 499 g/mol. The highest BCUT2D eigenvalue weighted by molar-refractivity contribution is 7.99. The Kier molecular flexibility index (Phi) is 6.93. The van der Waals surface area contributed by atoms with Crippen LogP contribution in [-0.2, 0) is 4.79 Å². The fourth-order valence-corrected chi connectivity index (χ4v) is 4.26. The number of amides is 1. The second kappa shape index (κ2) is 9.87. The maximum Gasteiger partial charge on any atom is 0.397 e. The van der Waals surface area contributed by atoms with Gasteiger partial charge in [0.05, 0.1) is 6.54 Å². The van der Waals surface area contributed by atoms with Crippen LogP contribution in [0, 0.1) is 0 Å². The van der Waals surface area contributed by atoms with E-state index in [2.05, 4.69) is 30.8 Å². The van der Waals surface area contributed by atoms with Gasteiger partial charge in [0, 0.05) is 23.2 Å². The molecule has 0 radical (unpaired) electrons. The first-order chi connectivity index (χ1) is 15.7. The lowest BCUT2D eigenvalue weighted by Gasteiger charge is -2.18. The smallest absolute Gasteiger partial charge is 0.353 e. The van der Waals surface area contributed by atoms with E-state index in [0.29, 0.717) is 39.8 Å². The van der Waals surface area contributed by atoms with Crippen molar-refractivity contribution >= 4 is 51.5 Å². The van der Waals surface area contributed by atoms with Crippen molar-refractivity contribution in [3.8, 4) is 0 Å². The van der Waals surface area contributed by atoms with Crippen molar-refractivity contribution < 1.29 is 22.4 Å². The molecule has 1 aromatic carbocycles. The molecule has 2 N–H and O–H groups in total. The van der Waals surface area contributed by atoms with Gasteiger partial charge in [-0.1, -0.05) is 11.3 Å². The van der Waals surface area contributed by atoms with Crippen molar-refractivity contribution in [1.82, 2.24) is 20.2 Å². The predicted octanol–water partition coefficient (Wildman–Crippen LogP) is 4.66. The van der Waals surface area contributed by atoms with Crippen LogP contribution in [-0.4, -0.2) is 51.5 Å². The number of carbonyl (C=O) groups is 1. The summed E-state index contributed by atoms with van der Waals surface area (Å²) in [5, 5.41) is 13.9. The highest BCUT2D eigenvalue weighted by Crippen LogP contribution is 2.31. The van der Waals surface area contributed by atoms with Crippen molar-refractivity contribution in [2.75, 3.05) is 28.6 Å². The Bertz CT molecular complexity index is 1100. The third kappa shape index (κ3) is 6.74. The van der Waals surface area contributed by atoms with Crippen LogP contribution in [0.4, 0.5) is 40.0 Å². The molecule has 14 heteroatoms. The quantitative estimate of drug-likeness (QED) is 0.358. The molecule has 1 amide bonds. The summed E-state index contributed by atoms with van der Waals surface area (Å²) >= 11 is 2.51. The maximum absolute atomic E-state index is 13.7. The van der Waals surface area contributed by atoms with Crippen LogP contribution >= 0.6 is 23.1 Å². The number of halogens is 4. The molecule has 3 heterocycles. The highest BCUT2D eigenvalue weighted by atomic mass is 32.2. The normalized spacial score (nSPS) is 16.1. The van der Waals surface area contributed by atoms with E-state index in [1.807, 2.05) is 4.90 Å². The first-order valence-electron chi connectivity index (χ1n) is 9.69. The molecule has 1 aliphatic heterocycles. The van der Waals surface area contributed by atoms with E-state index in [9.17, 15) is 22.4 Å². The first-order valence-corrected chi connectivity index (χ1v) is 11.4. The van der Waals surface area contributed by atoms with Crippen LogP contribution in [0.25, 0.3) is 0 Å². The van der Waals surface area contributed by atoms with Crippen LogP contribution in [0.2, 0.25) is 0 Å². The van der Waals surface area contributed by atoms with Crippen molar-refractivity contribution in [1.29, 1.82) is 0 Å². The molecule has 3 aromatic rings. The van der Waals surface area contributed by atoms with E-state index in [-0.39, 0.29) is 12.2 Å². The summed E-state index contributed by atoms with van der Waals surface area (Å²) in [4.78, 5) is 23.0. The van der Waals surface area contributed by atoms with Gasteiger partial charge in [-0.3, -0.25) is 4.79 Å². The van der Waals surface area contributed by atoms with Gasteiger partial charge in [-0.25, -0.2) is 14.4 Å². The molecule has 8 nitrogen and oxygen atoms in total. The third-order valence-corrected chi connectivity index (χ3v) is 5.93. The molecule has 4 rings (SSSR count). The Balaban J connectivity index is 1.49. The van der Waals surface area contributed by atoms with Crippen molar-refractivity contribution in [3.63, 3.8) is 0 Å². The van der Waals surface area contributed by atoms with E-state index < -0.39 is 24.7 Å². The fraction of sp³-hybridized carbons (Fsp3) is 0.316. The summed E-state index contributed by atoms with van der Waals surface area (Å²) in [5.74, 6) is -0.101. The zero-order chi connectivity index (χ0) is 23.4. The number of carbonyl (C=O) groups excluding carboxylic acids is 1. The molecule has 0 aliphatic carbocycles. The molecule has 1 atom stereocenters. The van der Waals surface area contributed by atoms with Gasteiger partial charge < -0.3 is 15.5 Å². The van der Waals surface area contributed by atoms with Gasteiger partial charge in [0.25, 0.3) is 0 Å². The molecule has 1 saturated heterocycles. The number of alkyl halides is 4. The van der Waals surface area contributed by atoms with Gasteiger partial charge in [-0.15, -0.1) is 10.2 Å². The summed E-state index contributed by atoms with van der Waals surface area (Å²) in [5.41, 5.74) is 1.82. The number of nitrogens with one attached hydrogen (secondary N) is 2. The zero-order valence-electron chi connectivity index (χ0n) is 16.8. The van der Waals surface area contributed by atoms with Crippen molar-refractivity contribution in [2.45, 2.75) is 35.2 Å². The number of rotatable bonds is 7. The number of hydrogen-bond donors (Lipinski definition) is 2. The lowest BCUT2D eigenvalue weighted by Crippen LogP contribution is -2.21. The first kappa shape index (κ1) is 23.2. The van der Waals surface area contributed by atoms with E-state index in [4.69, 9.17) is 0 Å². The van der Waals surface area contributed by atoms with Crippen LogP contribution in [0.3, 0.4) is 0 Å². The van der Waals surface area contributed by atoms with Crippen molar-refractivity contribution in [3.05, 3.63) is 35.8 Å². The van der Waals surface area contributed by atoms with E-state index in [1.165, 1.54) is 35.2 Å². The highest BCUT2D eigenvalue weighted by Gasteiger charge is 2.31. The molecular weight excluding hydrogens is 482 g/mol. The summed E-state index contributed by atoms with van der Waals surface area (Å²) in [6, 6.07) is 7.97. The molecular formula is C19H17F4N7OS2. The zero-order valence-corrected chi connectivity index (χ0v) is 18.5.